The fraction of sp³-hybridized carbons (Fsp3) is 0.368. The van der Waals surface area contributed by atoms with Crippen molar-refractivity contribution in [3.63, 3.8) is 0 Å². The van der Waals surface area contributed by atoms with Crippen molar-refractivity contribution in [2.75, 3.05) is 6.54 Å². The van der Waals surface area contributed by atoms with Gasteiger partial charge in [0.25, 0.3) is 0 Å². The molecule has 0 bridgehead atoms. The zero-order valence-corrected chi connectivity index (χ0v) is 14.7. The predicted molar refractivity (Wildman–Crippen MR) is 95.1 cm³/mol. The molecular formula is C19H20ClN3O2. The van der Waals surface area contributed by atoms with Gasteiger partial charge in [-0.3, -0.25) is 4.90 Å². The fourth-order valence-corrected chi connectivity index (χ4v) is 3.50. The molecular weight excluding hydrogens is 338 g/mol. The normalized spacial score (nSPS) is 19.0. The Bertz CT molecular complexity index is 798. The van der Waals surface area contributed by atoms with E-state index in [4.69, 9.17) is 20.5 Å². The molecule has 1 aliphatic rings. The van der Waals surface area contributed by atoms with E-state index in [1.807, 2.05) is 30.3 Å². The van der Waals surface area contributed by atoms with Gasteiger partial charge in [-0.05, 0) is 55.8 Å². The quantitative estimate of drug-likeness (QED) is 0.650. The molecule has 0 aliphatic carbocycles. The number of aromatic nitrogens is 2. The maximum atomic E-state index is 5.93. The van der Waals surface area contributed by atoms with Crippen LogP contribution < -0.4 is 0 Å². The van der Waals surface area contributed by atoms with Crippen molar-refractivity contribution in [1.29, 1.82) is 0 Å². The summed E-state index contributed by atoms with van der Waals surface area (Å²) in [4.78, 5) is 6.94. The van der Waals surface area contributed by atoms with E-state index in [0.717, 1.165) is 24.3 Å². The molecule has 0 saturated carbocycles. The van der Waals surface area contributed by atoms with E-state index in [1.54, 1.807) is 6.26 Å². The van der Waals surface area contributed by atoms with Gasteiger partial charge in [0.05, 0.1) is 18.8 Å². The highest BCUT2D eigenvalue weighted by atomic mass is 35.5. The summed E-state index contributed by atoms with van der Waals surface area (Å²) >= 11 is 5.93. The lowest BCUT2D eigenvalue weighted by Crippen LogP contribution is -2.28. The number of likely N-dealkylation sites (tertiary alicyclic amines) is 1. The Morgan fingerprint density at radius 1 is 1.12 bits per heavy atom. The minimum absolute atomic E-state index is 0.267. The monoisotopic (exact) mass is 357 g/mol. The van der Waals surface area contributed by atoms with Crippen molar-refractivity contribution in [3.05, 3.63) is 59.3 Å². The molecule has 4 rings (SSSR count). The highest BCUT2D eigenvalue weighted by Gasteiger charge is 2.26. The van der Waals surface area contributed by atoms with Gasteiger partial charge < -0.3 is 8.94 Å². The lowest BCUT2D eigenvalue weighted by molar-refractivity contribution is 0.150. The van der Waals surface area contributed by atoms with Crippen LogP contribution >= 0.6 is 11.6 Å². The minimum atomic E-state index is 0.267. The molecule has 1 aliphatic heterocycles. The van der Waals surface area contributed by atoms with Crippen molar-refractivity contribution >= 4 is 11.6 Å². The Morgan fingerprint density at radius 2 is 2.00 bits per heavy atom. The van der Waals surface area contributed by atoms with Crippen LogP contribution in [0.4, 0.5) is 0 Å². The third kappa shape index (κ3) is 3.78. The molecule has 3 heterocycles. The van der Waals surface area contributed by atoms with Gasteiger partial charge in [-0.2, -0.15) is 4.98 Å². The standard InChI is InChI=1S/C19H20ClN3O2/c20-15-9-7-14(8-10-15)19-21-18(25-22-19)13-23-11-3-1-2-5-16(23)17-6-4-12-24-17/h4,6-10,12,16H,1-3,5,11,13H2. The van der Waals surface area contributed by atoms with E-state index in [-0.39, 0.29) is 6.04 Å². The zero-order valence-electron chi connectivity index (χ0n) is 13.9. The maximum absolute atomic E-state index is 5.93. The molecule has 1 atom stereocenters. The summed E-state index contributed by atoms with van der Waals surface area (Å²) in [7, 11) is 0. The molecule has 25 heavy (non-hydrogen) atoms. The molecule has 5 nitrogen and oxygen atoms in total. The molecule has 1 aromatic carbocycles. The first-order valence-corrected chi connectivity index (χ1v) is 9.03. The van der Waals surface area contributed by atoms with E-state index in [9.17, 15) is 0 Å². The highest BCUT2D eigenvalue weighted by molar-refractivity contribution is 6.30. The van der Waals surface area contributed by atoms with Gasteiger partial charge in [0, 0.05) is 10.6 Å². The Kier molecular flexibility index (Phi) is 4.85. The van der Waals surface area contributed by atoms with E-state index in [1.165, 1.54) is 19.3 Å². The van der Waals surface area contributed by atoms with Crippen LogP contribution in [-0.2, 0) is 6.54 Å². The van der Waals surface area contributed by atoms with Gasteiger partial charge in [-0.15, -0.1) is 0 Å². The summed E-state index contributed by atoms with van der Waals surface area (Å²) < 4.78 is 11.2. The lowest BCUT2D eigenvalue weighted by Gasteiger charge is -2.26. The molecule has 6 heteroatoms. The number of halogens is 1. The van der Waals surface area contributed by atoms with E-state index in [2.05, 4.69) is 21.1 Å². The van der Waals surface area contributed by atoms with Crippen LogP contribution in [0.25, 0.3) is 11.4 Å². The number of rotatable bonds is 4. The van der Waals surface area contributed by atoms with E-state index < -0.39 is 0 Å². The number of hydrogen-bond donors (Lipinski definition) is 0. The molecule has 1 saturated heterocycles. The predicted octanol–water partition coefficient (Wildman–Crippen LogP) is 5.10. The summed E-state index contributed by atoms with van der Waals surface area (Å²) in [5.41, 5.74) is 0.901. The van der Waals surface area contributed by atoms with Crippen LogP contribution in [0.15, 0.2) is 51.6 Å². The zero-order chi connectivity index (χ0) is 17.1. The van der Waals surface area contributed by atoms with Crippen LogP contribution in [0.2, 0.25) is 5.02 Å². The van der Waals surface area contributed by atoms with Crippen molar-refractivity contribution in [2.24, 2.45) is 0 Å². The van der Waals surface area contributed by atoms with Crippen LogP contribution in [0, 0.1) is 0 Å². The number of benzene rings is 1. The van der Waals surface area contributed by atoms with Crippen molar-refractivity contribution in [2.45, 2.75) is 38.3 Å². The molecule has 2 aromatic heterocycles. The molecule has 0 spiro atoms. The fourth-order valence-electron chi connectivity index (χ4n) is 3.37. The summed E-state index contributed by atoms with van der Waals surface area (Å²) in [6.45, 7) is 1.63. The van der Waals surface area contributed by atoms with Gasteiger partial charge in [0.15, 0.2) is 0 Å². The largest absolute Gasteiger partial charge is 0.468 e. The molecule has 1 fully saturated rings. The third-order valence-corrected chi connectivity index (χ3v) is 4.90. The van der Waals surface area contributed by atoms with Gasteiger partial charge in [0.2, 0.25) is 11.7 Å². The molecule has 0 N–H and O–H groups in total. The van der Waals surface area contributed by atoms with Crippen LogP contribution in [-0.4, -0.2) is 21.6 Å². The summed E-state index contributed by atoms with van der Waals surface area (Å²) in [6.07, 6.45) is 6.46. The van der Waals surface area contributed by atoms with Crippen LogP contribution in [0.5, 0.6) is 0 Å². The van der Waals surface area contributed by atoms with Crippen LogP contribution in [0.3, 0.4) is 0 Å². The lowest BCUT2D eigenvalue weighted by atomic mass is 10.1. The number of nitrogens with zero attached hydrogens (tertiary/aromatic N) is 3. The summed E-state index contributed by atoms with van der Waals surface area (Å²) in [5, 5.41) is 4.81. The van der Waals surface area contributed by atoms with E-state index >= 15 is 0 Å². The Morgan fingerprint density at radius 3 is 2.80 bits per heavy atom. The van der Waals surface area contributed by atoms with Crippen molar-refractivity contribution in [3.8, 4) is 11.4 Å². The van der Waals surface area contributed by atoms with Gasteiger partial charge in [-0.25, -0.2) is 0 Å². The molecule has 130 valence electrons. The Hall–Kier alpha value is -2.11. The Labute approximate surface area is 151 Å². The van der Waals surface area contributed by atoms with Crippen molar-refractivity contribution in [1.82, 2.24) is 15.0 Å². The van der Waals surface area contributed by atoms with Gasteiger partial charge in [-0.1, -0.05) is 29.6 Å². The van der Waals surface area contributed by atoms with E-state index in [0.29, 0.717) is 23.3 Å². The molecule has 0 radical (unpaired) electrons. The second-order valence-electron chi connectivity index (χ2n) is 6.37. The smallest absolute Gasteiger partial charge is 0.241 e. The number of furan rings is 1. The highest BCUT2D eigenvalue weighted by Crippen LogP contribution is 2.31. The topological polar surface area (TPSA) is 55.3 Å². The average molecular weight is 358 g/mol. The molecule has 0 amide bonds. The summed E-state index contributed by atoms with van der Waals surface area (Å²) in [6, 6.07) is 11.7. The second-order valence-corrected chi connectivity index (χ2v) is 6.81. The summed E-state index contributed by atoms with van der Waals surface area (Å²) in [5.74, 6) is 2.23. The van der Waals surface area contributed by atoms with Gasteiger partial charge in [0.1, 0.15) is 5.76 Å². The first-order chi connectivity index (χ1) is 12.3. The SMILES string of the molecule is Clc1ccc(-c2noc(CN3CCCCCC3c3ccco3)n2)cc1. The molecule has 3 aromatic rings. The van der Waals surface area contributed by atoms with Gasteiger partial charge >= 0.3 is 0 Å². The maximum Gasteiger partial charge on any atom is 0.241 e. The average Bonchev–Trinajstić information content (AvgIpc) is 3.26. The molecule has 1 unspecified atom stereocenters. The first kappa shape index (κ1) is 16.4. The number of hydrogen-bond acceptors (Lipinski definition) is 5. The van der Waals surface area contributed by atoms with Crippen molar-refractivity contribution < 1.29 is 8.94 Å². The minimum Gasteiger partial charge on any atom is -0.468 e. The first-order valence-electron chi connectivity index (χ1n) is 8.65. The second kappa shape index (κ2) is 7.42. The third-order valence-electron chi connectivity index (χ3n) is 4.64. The Balaban J connectivity index is 1.53. The van der Waals surface area contributed by atoms with Crippen LogP contribution in [0.1, 0.15) is 43.4 Å².